The van der Waals surface area contributed by atoms with Gasteiger partial charge >= 0.3 is 0 Å². The van der Waals surface area contributed by atoms with Gasteiger partial charge in [0.1, 0.15) is 0 Å². The van der Waals surface area contributed by atoms with Gasteiger partial charge in [-0.3, -0.25) is 0 Å². The molecule has 1 aliphatic rings. The lowest BCUT2D eigenvalue weighted by atomic mass is 10.1. The van der Waals surface area contributed by atoms with Gasteiger partial charge in [-0.1, -0.05) is 30.2 Å². The number of benzene rings is 1. The SMILES string of the molecule is Cc1ccc(-c2cnc3ccc(OCCCN4CCCCC4)nn23)cc1Cl. The molecule has 0 spiro atoms. The highest BCUT2D eigenvalue weighted by Crippen LogP contribution is 2.26. The van der Waals surface area contributed by atoms with E-state index in [1.165, 1.54) is 32.4 Å². The van der Waals surface area contributed by atoms with Gasteiger partial charge in [0, 0.05) is 23.2 Å². The molecule has 0 amide bonds. The summed E-state index contributed by atoms with van der Waals surface area (Å²) in [6.07, 6.45) is 6.86. The molecule has 6 heteroatoms. The summed E-state index contributed by atoms with van der Waals surface area (Å²) < 4.78 is 7.72. The molecule has 1 fully saturated rings. The van der Waals surface area contributed by atoms with E-state index in [1.54, 1.807) is 0 Å². The van der Waals surface area contributed by atoms with Crippen molar-refractivity contribution >= 4 is 17.2 Å². The second kappa shape index (κ2) is 8.28. The van der Waals surface area contributed by atoms with Gasteiger partial charge in [-0.25, -0.2) is 9.50 Å². The Morgan fingerprint density at radius 2 is 1.96 bits per heavy atom. The van der Waals surface area contributed by atoms with Crippen LogP contribution in [-0.4, -0.2) is 45.7 Å². The molecule has 0 saturated carbocycles. The van der Waals surface area contributed by atoms with Crippen LogP contribution in [0.2, 0.25) is 5.02 Å². The highest BCUT2D eigenvalue weighted by atomic mass is 35.5. The van der Waals surface area contributed by atoms with Crippen molar-refractivity contribution < 1.29 is 4.74 Å². The van der Waals surface area contributed by atoms with Crippen LogP contribution in [0.4, 0.5) is 0 Å². The van der Waals surface area contributed by atoms with Gasteiger partial charge < -0.3 is 9.64 Å². The average Bonchev–Trinajstić information content (AvgIpc) is 3.11. The number of ether oxygens (including phenoxy) is 1. The molecule has 1 aliphatic heterocycles. The van der Waals surface area contributed by atoms with Crippen molar-refractivity contribution in [2.75, 3.05) is 26.2 Å². The lowest BCUT2D eigenvalue weighted by molar-refractivity contribution is 0.202. The molecule has 4 rings (SSSR count). The van der Waals surface area contributed by atoms with Crippen LogP contribution in [0.3, 0.4) is 0 Å². The Morgan fingerprint density at radius 3 is 2.78 bits per heavy atom. The first-order valence-electron chi connectivity index (χ1n) is 9.67. The fourth-order valence-electron chi connectivity index (χ4n) is 3.53. The Balaban J connectivity index is 1.44. The van der Waals surface area contributed by atoms with Gasteiger partial charge in [0.2, 0.25) is 5.88 Å². The molecule has 0 atom stereocenters. The molecule has 5 nitrogen and oxygen atoms in total. The number of fused-ring (bicyclic) bond motifs is 1. The predicted molar refractivity (Wildman–Crippen MR) is 109 cm³/mol. The molecule has 3 aromatic rings. The zero-order valence-electron chi connectivity index (χ0n) is 15.7. The van der Waals surface area contributed by atoms with Crippen LogP contribution < -0.4 is 4.74 Å². The quantitative estimate of drug-likeness (QED) is 0.582. The van der Waals surface area contributed by atoms with Crippen LogP contribution in [-0.2, 0) is 0 Å². The van der Waals surface area contributed by atoms with Gasteiger partial charge in [0.25, 0.3) is 0 Å². The number of nitrogens with zero attached hydrogens (tertiary/aromatic N) is 4. The molecular formula is C21H25ClN4O. The summed E-state index contributed by atoms with van der Waals surface area (Å²) in [4.78, 5) is 6.97. The minimum atomic E-state index is 0.624. The highest BCUT2D eigenvalue weighted by Gasteiger charge is 2.11. The molecule has 0 radical (unpaired) electrons. The summed E-state index contributed by atoms with van der Waals surface area (Å²) in [7, 11) is 0. The maximum Gasteiger partial charge on any atom is 0.231 e. The monoisotopic (exact) mass is 384 g/mol. The third-order valence-corrected chi connectivity index (χ3v) is 5.53. The molecule has 0 bridgehead atoms. The molecule has 0 aliphatic carbocycles. The van der Waals surface area contributed by atoms with E-state index in [4.69, 9.17) is 16.3 Å². The molecule has 27 heavy (non-hydrogen) atoms. The second-order valence-corrected chi connectivity index (χ2v) is 7.56. The van der Waals surface area contributed by atoms with Gasteiger partial charge in [-0.15, -0.1) is 5.10 Å². The van der Waals surface area contributed by atoms with Crippen LogP contribution in [0, 0.1) is 6.92 Å². The maximum atomic E-state index is 6.28. The smallest absolute Gasteiger partial charge is 0.231 e. The minimum Gasteiger partial charge on any atom is -0.477 e. The van der Waals surface area contributed by atoms with Crippen LogP contribution in [0.5, 0.6) is 5.88 Å². The standard InChI is InChI=1S/C21H25ClN4O/c1-16-6-7-17(14-18(16)22)19-15-23-20-8-9-21(24-26(19)20)27-13-5-12-25-10-3-2-4-11-25/h6-9,14-15H,2-5,10-13H2,1H3. The fraction of sp³-hybridized carbons (Fsp3) is 0.429. The number of hydrogen-bond acceptors (Lipinski definition) is 4. The number of halogens is 1. The lowest BCUT2D eigenvalue weighted by Gasteiger charge is -2.26. The maximum absolute atomic E-state index is 6.28. The van der Waals surface area contributed by atoms with Crippen molar-refractivity contribution in [2.45, 2.75) is 32.6 Å². The van der Waals surface area contributed by atoms with E-state index in [0.29, 0.717) is 12.5 Å². The normalized spacial score (nSPS) is 15.3. The second-order valence-electron chi connectivity index (χ2n) is 7.15. The number of aromatic nitrogens is 3. The van der Waals surface area contributed by atoms with E-state index >= 15 is 0 Å². The minimum absolute atomic E-state index is 0.624. The Bertz CT molecular complexity index is 918. The van der Waals surface area contributed by atoms with E-state index in [0.717, 1.165) is 40.5 Å². The van der Waals surface area contributed by atoms with Gasteiger partial charge in [0.05, 0.1) is 18.5 Å². The third kappa shape index (κ3) is 4.25. The van der Waals surface area contributed by atoms with E-state index < -0.39 is 0 Å². The summed E-state index contributed by atoms with van der Waals surface area (Å²) in [6, 6.07) is 9.83. The Hall–Kier alpha value is -2.11. The number of likely N-dealkylation sites (tertiary alicyclic amines) is 1. The Kier molecular flexibility index (Phi) is 5.60. The van der Waals surface area contributed by atoms with E-state index in [9.17, 15) is 0 Å². The summed E-state index contributed by atoms with van der Waals surface area (Å²) in [6.45, 7) is 6.22. The lowest BCUT2D eigenvalue weighted by Crippen LogP contribution is -2.31. The summed E-state index contributed by atoms with van der Waals surface area (Å²) in [5.41, 5.74) is 3.75. The van der Waals surface area contributed by atoms with Crippen LogP contribution >= 0.6 is 11.6 Å². The number of imidazole rings is 1. The highest BCUT2D eigenvalue weighted by molar-refractivity contribution is 6.31. The van der Waals surface area contributed by atoms with Crippen LogP contribution in [0.15, 0.2) is 36.5 Å². The van der Waals surface area contributed by atoms with E-state index in [-0.39, 0.29) is 0 Å². The summed E-state index contributed by atoms with van der Waals surface area (Å²) in [5.74, 6) is 0.624. The Labute approximate surface area is 164 Å². The average molecular weight is 385 g/mol. The van der Waals surface area contributed by atoms with Gasteiger partial charge in [-0.05, 0) is 57.0 Å². The molecule has 142 valence electrons. The molecule has 1 saturated heterocycles. The zero-order valence-corrected chi connectivity index (χ0v) is 16.5. The number of rotatable bonds is 6. The Morgan fingerprint density at radius 1 is 1.11 bits per heavy atom. The molecule has 3 heterocycles. The van der Waals surface area contributed by atoms with Crippen LogP contribution in [0.1, 0.15) is 31.2 Å². The van der Waals surface area contributed by atoms with Crippen molar-refractivity contribution in [2.24, 2.45) is 0 Å². The number of aryl methyl sites for hydroxylation is 1. The zero-order chi connectivity index (χ0) is 18.6. The summed E-state index contributed by atoms with van der Waals surface area (Å²) in [5, 5.41) is 5.37. The van der Waals surface area contributed by atoms with Crippen LogP contribution in [0.25, 0.3) is 16.9 Å². The molecular weight excluding hydrogens is 360 g/mol. The topological polar surface area (TPSA) is 42.7 Å². The van der Waals surface area contributed by atoms with Crippen molar-refractivity contribution in [1.29, 1.82) is 0 Å². The molecule has 0 unspecified atom stereocenters. The predicted octanol–water partition coefficient (Wildman–Crippen LogP) is 4.61. The fourth-order valence-corrected chi connectivity index (χ4v) is 3.71. The van der Waals surface area contributed by atoms with Crippen molar-refractivity contribution in [3.8, 4) is 17.1 Å². The molecule has 0 N–H and O–H groups in total. The van der Waals surface area contributed by atoms with E-state index in [1.807, 2.05) is 48.0 Å². The largest absolute Gasteiger partial charge is 0.477 e. The molecule has 2 aromatic heterocycles. The first-order chi connectivity index (χ1) is 13.2. The van der Waals surface area contributed by atoms with Crippen molar-refractivity contribution in [3.63, 3.8) is 0 Å². The van der Waals surface area contributed by atoms with Gasteiger partial charge in [0.15, 0.2) is 5.65 Å². The summed E-state index contributed by atoms with van der Waals surface area (Å²) >= 11 is 6.28. The van der Waals surface area contributed by atoms with E-state index in [2.05, 4.69) is 15.0 Å². The first kappa shape index (κ1) is 18.3. The van der Waals surface area contributed by atoms with Crippen molar-refractivity contribution in [3.05, 3.63) is 47.1 Å². The number of piperidine rings is 1. The third-order valence-electron chi connectivity index (χ3n) is 5.12. The van der Waals surface area contributed by atoms with Gasteiger partial charge in [-0.2, -0.15) is 0 Å². The number of hydrogen-bond donors (Lipinski definition) is 0. The first-order valence-corrected chi connectivity index (χ1v) is 10.0. The van der Waals surface area contributed by atoms with Crippen molar-refractivity contribution in [1.82, 2.24) is 19.5 Å². The molecule has 1 aromatic carbocycles.